The Morgan fingerprint density at radius 2 is 1.00 bits per heavy atom. The maximum absolute atomic E-state index is 13.1. The molecular weight excluding hydrogens is 450 g/mol. The molecule has 0 aliphatic rings. The summed E-state index contributed by atoms with van der Waals surface area (Å²) in [6, 6.07) is 19.3. The van der Waals surface area contributed by atoms with Crippen molar-refractivity contribution in [3.05, 3.63) is 101 Å². The lowest BCUT2D eigenvalue weighted by Gasteiger charge is -2.23. The number of rotatable bonds is 8. The second kappa shape index (κ2) is 11.1. The molecule has 0 aromatic heterocycles. The second-order valence-electron chi connectivity index (χ2n) is 8.08. The highest BCUT2D eigenvalue weighted by Crippen LogP contribution is 2.17. The number of carbonyl (C=O) groups excluding carboxylic acids is 3. The summed E-state index contributed by atoms with van der Waals surface area (Å²) in [5.74, 6) is -4.52. The lowest BCUT2D eigenvalue weighted by Crippen LogP contribution is -2.48. The van der Waals surface area contributed by atoms with E-state index in [9.17, 15) is 24.3 Å². The average Bonchev–Trinajstić information content (AvgIpc) is 2.83. The lowest BCUT2D eigenvalue weighted by molar-refractivity contribution is -0.157. The Morgan fingerprint density at radius 3 is 1.40 bits per heavy atom. The molecule has 0 aliphatic heterocycles. The molecule has 2 unspecified atom stereocenters. The van der Waals surface area contributed by atoms with Crippen LogP contribution in [0.3, 0.4) is 0 Å². The topological polar surface area (TPSA) is 119 Å². The number of carbonyl (C=O) groups is 4. The molecule has 8 heteroatoms. The van der Waals surface area contributed by atoms with Gasteiger partial charge in [-0.3, -0.25) is 4.79 Å². The van der Waals surface area contributed by atoms with Crippen LogP contribution in [0.4, 0.5) is 5.69 Å². The number of anilines is 1. The summed E-state index contributed by atoms with van der Waals surface area (Å²) in [6.07, 6.45) is -4.05. The number of esters is 2. The number of aliphatic carboxylic acids is 1. The molecule has 1 amide bonds. The van der Waals surface area contributed by atoms with E-state index in [0.717, 1.165) is 16.7 Å². The van der Waals surface area contributed by atoms with Crippen LogP contribution in [0.15, 0.2) is 72.8 Å². The molecule has 0 bridgehead atoms. The zero-order valence-corrected chi connectivity index (χ0v) is 19.5. The molecule has 8 nitrogen and oxygen atoms in total. The van der Waals surface area contributed by atoms with Crippen molar-refractivity contribution in [1.82, 2.24) is 0 Å². The van der Waals surface area contributed by atoms with Crippen molar-refractivity contribution in [2.45, 2.75) is 33.0 Å². The predicted octanol–water partition coefficient (Wildman–Crippen LogP) is 4.09. The van der Waals surface area contributed by atoms with Gasteiger partial charge in [-0.2, -0.15) is 0 Å². The van der Waals surface area contributed by atoms with Crippen molar-refractivity contribution in [2.24, 2.45) is 0 Å². The summed E-state index contributed by atoms with van der Waals surface area (Å²) >= 11 is 0. The standard InChI is InChI=1S/C27H25NO7/c1-16-4-10-19(11-5-16)26(32)34-22(24(29)28-21-14-8-18(3)9-15-21)23(25(30)31)35-27(33)20-12-6-17(2)7-13-20/h4-15,22-23H,1-3H3,(H,28,29)(H,30,31). The predicted molar refractivity (Wildman–Crippen MR) is 128 cm³/mol. The van der Waals surface area contributed by atoms with Gasteiger partial charge in [-0.25, -0.2) is 14.4 Å². The zero-order valence-electron chi connectivity index (χ0n) is 19.5. The fraction of sp³-hybridized carbons (Fsp3) is 0.185. The molecular formula is C27H25NO7. The van der Waals surface area contributed by atoms with Gasteiger partial charge in [-0.05, 0) is 57.2 Å². The highest BCUT2D eigenvalue weighted by atomic mass is 16.6. The zero-order chi connectivity index (χ0) is 25.5. The first-order chi connectivity index (χ1) is 16.6. The average molecular weight is 475 g/mol. The second-order valence-corrected chi connectivity index (χ2v) is 8.08. The molecule has 0 saturated carbocycles. The summed E-state index contributed by atoms with van der Waals surface area (Å²) in [6.45, 7) is 5.52. The Morgan fingerprint density at radius 1 is 0.629 bits per heavy atom. The molecule has 0 spiro atoms. The van der Waals surface area contributed by atoms with E-state index in [1.54, 1.807) is 48.5 Å². The summed E-state index contributed by atoms with van der Waals surface area (Å²) in [5.41, 5.74) is 3.28. The van der Waals surface area contributed by atoms with Gasteiger partial charge in [0.25, 0.3) is 5.91 Å². The number of nitrogens with one attached hydrogen (secondary N) is 1. The molecule has 0 aliphatic carbocycles. The minimum Gasteiger partial charge on any atom is -0.478 e. The Kier molecular flexibility index (Phi) is 7.99. The van der Waals surface area contributed by atoms with Gasteiger partial charge in [-0.15, -0.1) is 0 Å². The van der Waals surface area contributed by atoms with Crippen molar-refractivity contribution < 1.29 is 33.8 Å². The number of benzene rings is 3. The lowest BCUT2D eigenvalue weighted by atomic mass is 10.1. The Labute approximate surface area is 202 Å². The molecule has 3 aromatic rings. The molecule has 2 atom stereocenters. The van der Waals surface area contributed by atoms with E-state index in [4.69, 9.17) is 9.47 Å². The van der Waals surface area contributed by atoms with Gasteiger partial charge in [0.1, 0.15) is 0 Å². The van der Waals surface area contributed by atoms with E-state index in [2.05, 4.69) is 5.32 Å². The first-order valence-corrected chi connectivity index (χ1v) is 10.8. The Hall–Kier alpha value is -4.46. The Bertz CT molecular complexity index is 1220. The molecule has 3 rings (SSSR count). The van der Waals surface area contributed by atoms with Gasteiger partial charge in [0.2, 0.25) is 12.2 Å². The molecule has 0 fully saturated rings. The number of hydrogen-bond donors (Lipinski definition) is 2. The minimum atomic E-state index is -2.09. The van der Waals surface area contributed by atoms with Gasteiger partial charge in [0, 0.05) is 5.69 Å². The van der Waals surface area contributed by atoms with Gasteiger partial charge in [-0.1, -0.05) is 53.1 Å². The monoisotopic (exact) mass is 475 g/mol. The van der Waals surface area contributed by atoms with Crippen molar-refractivity contribution in [2.75, 3.05) is 5.32 Å². The third kappa shape index (κ3) is 6.77. The van der Waals surface area contributed by atoms with Crippen LogP contribution in [0.2, 0.25) is 0 Å². The maximum Gasteiger partial charge on any atom is 0.349 e. The van der Waals surface area contributed by atoms with Crippen LogP contribution in [0.25, 0.3) is 0 Å². The summed E-state index contributed by atoms with van der Waals surface area (Å²) in [5, 5.41) is 12.3. The third-order valence-electron chi connectivity index (χ3n) is 5.14. The largest absolute Gasteiger partial charge is 0.478 e. The highest BCUT2D eigenvalue weighted by Gasteiger charge is 2.41. The molecule has 0 heterocycles. The molecule has 35 heavy (non-hydrogen) atoms. The quantitative estimate of drug-likeness (QED) is 0.471. The van der Waals surface area contributed by atoms with Gasteiger partial charge < -0.3 is 19.9 Å². The van der Waals surface area contributed by atoms with E-state index in [1.807, 2.05) is 20.8 Å². The number of carboxylic acid groups (broad SMARTS) is 1. The van der Waals surface area contributed by atoms with E-state index in [1.165, 1.54) is 24.3 Å². The summed E-state index contributed by atoms with van der Waals surface area (Å²) < 4.78 is 10.5. The maximum atomic E-state index is 13.1. The SMILES string of the molecule is Cc1ccc(NC(=O)C(OC(=O)c2ccc(C)cc2)C(OC(=O)c2ccc(C)cc2)C(=O)O)cc1. The van der Waals surface area contributed by atoms with Crippen molar-refractivity contribution >= 4 is 29.5 Å². The van der Waals surface area contributed by atoms with Crippen molar-refractivity contribution in [3.8, 4) is 0 Å². The molecule has 2 N–H and O–H groups in total. The van der Waals surface area contributed by atoms with Gasteiger partial charge in [0.15, 0.2) is 0 Å². The first kappa shape index (κ1) is 25.2. The van der Waals surface area contributed by atoms with Crippen LogP contribution in [-0.2, 0) is 19.1 Å². The minimum absolute atomic E-state index is 0.0874. The van der Waals surface area contributed by atoms with E-state index >= 15 is 0 Å². The molecule has 180 valence electrons. The van der Waals surface area contributed by atoms with Crippen LogP contribution in [0, 0.1) is 20.8 Å². The van der Waals surface area contributed by atoms with Crippen molar-refractivity contribution in [3.63, 3.8) is 0 Å². The van der Waals surface area contributed by atoms with Crippen LogP contribution >= 0.6 is 0 Å². The van der Waals surface area contributed by atoms with E-state index < -0.39 is 36.0 Å². The Balaban J connectivity index is 1.90. The molecule has 0 saturated heterocycles. The number of ether oxygens (including phenoxy) is 2. The fourth-order valence-electron chi connectivity index (χ4n) is 3.09. The van der Waals surface area contributed by atoms with Gasteiger partial charge >= 0.3 is 17.9 Å². The van der Waals surface area contributed by atoms with E-state index in [-0.39, 0.29) is 11.1 Å². The highest BCUT2D eigenvalue weighted by molar-refractivity contribution is 6.01. The van der Waals surface area contributed by atoms with Crippen LogP contribution in [-0.4, -0.2) is 41.1 Å². The van der Waals surface area contributed by atoms with Crippen LogP contribution < -0.4 is 5.32 Å². The number of amides is 1. The van der Waals surface area contributed by atoms with E-state index in [0.29, 0.717) is 5.69 Å². The van der Waals surface area contributed by atoms with Crippen LogP contribution in [0.5, 0.6) is 0 Å². The third-order valence-corrected chi connectivity index (χ3v) is 5.14. The van der Waals surface area contributed by atoms with Gasteiger partial charge in [0.05, 0.1) is 11.1 Å². The number of hydrogen-bond acceptors (Lipinski definition) is 6. The summed E-state index contributed by atoms with van der Waals surface area (Å²) in [4.78, 5) is 50.5. The van der Waals surface area contributed by atoms with Crippen molar-refractivity contribution in [1.29, 1.82) is 0 Å². The molecule has 3 aromatic carbocycles. The number of carboxylic acids is 1. The first-order valence-electron chi connectivity index (χ1n) is 10.8. The summed E-state index contributed by atoms with van der Waals surface area (Å²) in [7, 11) is 0. The normalized spacial score (nSPS) is 12.2. The smallest absolute Gasteiger partial charge is 0.349 e. The van der Waals surface area contributed by atoms with Crippen LogP contribution in [0.1, 0.15) is 37.4 Å². The molecule has 0 radical (unpaired) electrons. The number of aryl methyl sites for hydroxylation is 3. The fourth-order valence-corrected chi connectivity index (χ4v) is 3.09.